The van der Waals surface area contributed by atoms with Crippen molar-refractivity contribution in [1.29, 1.82) is 0 Å². The fourth-order valence-electron chi connectivity index (χ4n) is 14.4. The molecule has 2 aromatic heterocycles. The van der Waals surface area contributed by atoms with Gasteiger partial charge in [0.25, 0.3) is 0 Å². The molecule has 0 unspecified atom stereocenters. The van der Waals surface area contributed by atoms with Gasteiger partial charge >= 0.3 is 0 Å². The predicted molar refractivity (Wildman–Crippen MR) is 375 cm³/mol. The van der Waals surface area contributed by atoms with E-state index in [1.165, 1.54) is 38.9 Å². The SMILES string of the molecule is c1ccc(-c2nc(-c3ccc(N4c5ccccc5N5c6ccccc6-c6ccccc6-c6cccc4c65)cc3)nc(-c3cccc(-c4ccc(-c5nc(N6c7ccccc7N7c8ccccc8-c8ccccc8-c8cccc6c87)nc6ccccc56)cc4)c3)n2)cc1. The number of hydrogen-bond donors (Lipinski definition) is 0. The molecule has 0 amide bonds. The second kappa shape index (κ2) is 20.5. The second-order valence-corrected chi connectivity index (χ2v) is 23.6. The molecular formula is C83H51N9. The lowest BCUT2D eigenvalue weighted by Crippen LogP contribution is -2.25. The van der Waals surface area contributed by atoms with Crippen molar-refractivity contribution in [3.63, 3.8) is 0 Å². The number of benzene rings is 13. The highest BCUT2D eigenvalue weighted by Crippen LogP contribution is 2.63. The van der Waals surface area contributed by atoms with Crippen molar-refractivity contribution >= 4 is 79.4 Å². The maximum Gasteiger partial charge on any atom is 0.235 e. The van der Waals surface area contributed by atoms with E-state index in [1.807, 2.05) is 18.2 Å². The van der Waals surface area contributed by atoms with Crippen LogP contribution < -0.4 is 19.6 Å². The van der Waals surface area contributed by atoms with Gasteiger partial charge in [-0.2, -0.15) is 0 Å². The monoisotopic (exact) mass is 1170 g/mol. The standard InChI is InChI=1S/C83H51N9/c1-2-21-54(22-3-1)80-86-81(55-47-49-58(50-48-55)89-71-37-14-15-38-72(71)90-69-35-12-9-29-63(69)59-25-4-6-27-61(59)65-32-19-41-75(89)78(65)90)88-82(87-80)57-24-18-23-56(51-57)52-43-45-53(46-44-52)77-67-31-8-11-34-68(67)84-83(85-77)92-74-40-17-16-39-73(74)91-70-36-13-10-30-64(70)60-26-5-7-28-62(60)66-33-20-42-76(92)79(66)91/h1-51H. The van der Waals surface area contributed by atoms with Crippen LogP contribution in [0.25, 0.3) is 112 Å². The minimum atomic E-state index is 0.583. The van der Waals surface area contributed by atoms with E-state index in [0.29, 0.717) is 23.4 Å². The van der Waals surface area contributed by atoms with Crippen molar-refractivity contribution in [3.05, 3.63) is 309 Å². The molecule has 0 aliphatic carbocycles. The number of anilines is 12. The molecule has 428 valence electrons. The quantitative estimate of drug-likeness (QED) is 0.155. The minimum Gasteiger partial charge on any atom is -0.306 e. The molecule has 0 saturated heterocycles. The van der Waals surface area contributed by atoms with Gasteiger partial charge in [0.1, 0.15) is 0 Å². The van der Waals surface area contributed by atoms with Crippen molar-refractivity contribution in [2.24, 2.45) is 0 Å². The summed E-state index contributed by atoms with van der Waals surface area (Å²) in [6.07, 6.45) is 0. The van der Waals surface area contributed by atoms with Crippen LogP contribution in [0.2, 0.25) is 0 Å². The van der Waals surface area contributed by atoms with Crippen molar-refractivity contribution < 1.29 is 0 Å². The number of rotatable bonds is 7. The van der Waals surface area contributed by atoms with Crippen LogP contribution in [0.4, 0.5) is 68.5 Å². The van der Waals surface area contributed by atoms with Gasteiger partial charge in [-0.15, -0.1) is 0 Å². The molecule has 0 fully saturated rings. The summed E-state index contributed by atoms with van der Waals surface area (Å²) in [4.78, 5) is 36.1. The van der Waals surface area contributed by atoms with Crippen LogP contribution in [0.3, 0.4) is 0 Å². The summed E-state index contributed by atoms with van der Waals surface area (Å²) in [5.41, 5.74) is 28.9. The van der Waals surface area contributed by atoms with Crippen molar-refractivity contribution in [2.45, 2.75) is 0 Å². The summed E-state index contributed by atoms with van der Waals surface area (Å²) in [7, 11) is 0. The summed E-state index contributed by atoms with van der Waals surface area (Å²) in [5, 5.41) is 0.971. The summed E-state index contributed by atoms with van der Waals surface area (Å²) < 4.78 is 0. The molecular weight excluding hydrogens is 1120 g/mol. The van der Waals surface area contributed by atoms with Crippen molar-refractivity contribution in [2.75, 3.05) is 19.6 Å². The second-order valence-electron chi connectivity index (χ2n) is 23.6. The zero-order valence-corrected chi connectivity index (χ0v) is 49.5. The van der Waals surface area contributed by atoms with Gasteiger partial charge in [0.2, 0.25) is 5.95 Å². The van der Waals surface area contributed by atoms with E-state index < -0.39 is 0 Å². The van der Waals surface area contributed by atoms with E-state index in [0.717, 1.165) is 118 Å². The predicted octanol–water partition coefficient (Wildman–Crippen LogP) is 22.0. The Labute approximate surface area is 531 Å². The van der Waals surface area contributed by atoms with Gasteiger partial charge in [-0.1, -0.05) is 224 Å². The van der Waals surface area contributed by atoms with Gasteiger partial charge in [0.05, 0.1) is 68.1 Å². The van der Waals surface area contributed by atoms with Crippen LogP contribution in [0, 0.1) is 0 Å². The van der Waals surface area contributed by atoms with E-state index >= 15 is 0 Å². The molecule has 19 rings (SSSR count). The molecule has 0 saturated carbocycles. The van der Waals surface area contributed by atoms with Gasteiger partial charge in [-0.05, 0) is 118 Å². The Morgan fingerprint density at radius 3 is 1.17 bits per heavy atom. The molecule has 0 atom stereocenters. The van der Waals surface area contributed by atoms with Crippen molar-refractivity contribution in [1.82, 2.24) is 24.9 Å². The molecule has 6 heterocycles. The average molecular weight is 1170 g/mol. The molecule has 9 heteroatoms. The Balaban J connectivity index is 0.678. The highest BCUT2D eigenvalue weighted by Gasteiger charge is 2.39. The Bertz CT molecular complexity index is 5510. The normalized spacial score (nSPS) is 12.7. The third-order valence-electron chi connectivity index (χ3n) is 18.4. The maximum atomic E-state index is 5.57. The number of nitrogens with zero attached hydrogens (tertiary/aromatic N) is 9. The zero-order chi connectivity index (χ0) is 60.4. The van der Waals surface area contributed by atoms with Crippen molar-refractivity contribution in [3.8, 4) is 101 Å². The Kier molecular flexibility index (Phi) is 11.5. The highest BCUT2D eigenvalue weighted by atomic mass is 15.3. The number of fused-ring (bicyclic) bond motifs is 15. The zero-order valence-electron chi connectivity index (χ0n) is 49.5. The van der Waals surface area contributed by atoms with E-state index in [9.17, 15) is 0 Å². The van der Waals surface area contributed by atoms with Crippen LogP contribution >= 0.6 is 0 Å². The molecule has 4 aliphatic rings. The Morgan fingerprint density at radius 1 is 0.207 bits per heavy atom. The molecule has 4 aliphatic heterocycles. The maximum absolute atomic E-state index is 5.57. The first-order chi connectivity index (χ1) is 45.6. The van der Waals surface area contributed by atoms with E-state index in [1.54, 1.807) is 0 Å². The lowest BCUT2D eigenvalue weighted by Gasteiger charge is -2.41. The first kappa shape index (κ1) is 51.5. The molecule has 13 aromatic carbocycles. The minimum absolute atomic E-state index is 0.583. The van der Waals surface area contributed by atoms with Gasteiger partial charge in [-0.25, -0.2) is 24.9 Å². The third kappa shape index (κ3) is 7.95. The molecule has 0 N–H and O–H groups in total. The smallest absolute Gasteiger partial charge is 0.235 e. The Hall–Kier alpha value is -12.6. The van der Waals surface area contributed by atoms with Crippen LogP contribution in [-0.2, 0) is 0 Å². The van der Waals surface area contributed by atoms with Gasteiger partial charge < -0.3 is 14.7 Å². The number of para-hydroxylation sites is 9. The molecule has 0 radical (unpaired) electrons. The molecule has 0 spiro atoms. The van der Waals surface area contributed by atoms with Crippen LogP contribution in [0.15, 0.2) is 309 Å². The molecule has 92 heavy (non-hydrogen) atoms. The lowest BCUT2D eigenvalue weighted by molar-refractivity contribution is 1.07. The third-order valence-corrected chi connectivity index (χ3v) is 18.4. The van der Waals surface area contributed by atoms with Gasteiger partial charge in [0.15, 0.2) is 17.5 Å². The first-order valence-electron chi connectivity index (χ1n) is 31.1. The van der Waals surface area contributed by atoms with Gasteiger partial charge in [-0.3, -0.25) is 4.90 Å². The summed E-state index contributed by atoms with van der Waals surface area (Å²) in [5.74, 6) is 2.36. The fraction of sp³-hybridized carbons (Fsp3) is 0. The largest absolute Gasteiger partial charge is 0.306 e. The highest BCUT2D eigenvalue weighted by molar-refractivity contribution is 6.14. The number of aromatic nitrogens is 5. The van der Waals surface area contributed by atoms with Crippen LogP contribution in [-0.4, -0.2) is 24.9 Å². The van der Waals surface area contributed by atoms with E-state index in [4.69, 9.17) is 24.9 Å². The summed E-state index contributed by atoms with van der Waals surface area (Å²) in [6.45, 7) is 0. The molecule has 0 bridgehead atoms. The van der Waals surface area contributed by atoms with E-state index in [2.05, 4.69) is 311 Å². The summed E-state index contributed by atoms with van der Waals surface area (Å²) >= 11 is 0. The molecule has 15 aromatic rings. The Morgan fingerprint density at radius 2 is 0.587 bits per heavy atom. The number of hydrogen-bond acceptors (Lipinski definition) is 9. The summed E-state index contributed by atoms with van der Waals surface area (Å²) in [6, 6.07) is 110. The van der Waals surface area contributed by atoms with E-state index in [-0.39, 0.29) is 0 Å². The lowest BCUT2D eigenvalue weighted by atomic mass is 9.94. The average Bonchev–Trinajstić information content (AvgIpc) is 1.37. The first-order valence-corrected chi connectivity index (χ1v) is 31.1. The topological polar surface area (TPSA) is 77.4 Å². The van der Waals surface area contributed by atoms with Gasteiger partial charge in [0, 0.05) is 55.6 Å². The fourth-order valence-corrected chi connectivity index (χ4v) is 14.4. The van der Waals surface area contributed by atoms with Crippen LogP contribution in [0.1, 0.15) is 0 Å². The molecule has 9 nitrogen and oxygen atoms in total. The van der Waals surface area contributed by atoms with Crippen LogP contribution in [0.5, 0.6) is 0 Å².